The van der Waals surface area contributed by atoms with Gasteiger partial charge in [-0.15, -0.1) is 0 Å². The second-order valence-electron chi connectivity index (χ2n) is 5.40. The molecular formula is C16H24N2O2. The zero-order valence-electron chi connectivity index (χ0n) is 12.7. The molecule has 1 heterocycles. The lowest BCUT2D eigenvalue weighted by Crippen LogP contribution is -2.37. The van der Waals surface area contributed by atoms with E-state index in [1.54, 1.807) is 6.20 Å². The summed E-state index contributed by atoms with van der Waals surface area (Å²) in [5.41, 5.74) is 2.61. The minimum Gasteiger partial charge on any atom is -0.465 e. The molecule has 0 unspecified atom stereocenters. The molecule has 1 aliphatic rings. The van der Waals surface area contributed by atoms with E-state index in [1.807, 2.05) is 13.1 Å². The van der Waals surface area contributed by atoms with Crippen LogP contribution in [0.4, 0.5) is 5.69 Å². The van der Waals surface area contributed by atoms with Crippen LogP contribution in [0, 0.1) is 6.92 Å². The van der Waals surface area contributed by atoms with E-state index in [-0.39, 0.29) is 5.97 Å². The third-order valence-electron chi connectivity index (χ3n) is 4.26. The van der Waals surface area contributed by atoms with Gasteiger partial charge in [0.15, 0.2) is 0 Å². The van der Waals surface area contributed by atoms with Crippen molar-refractivity contribution in [1.82, 2.24) is 4.98 Å². The van der Waals surface area contributed by atoms with Crippen molar-refractivity contribution in [3.63, 3.8) is 0 Å². The second-order valence-corrected chi connectivity index (χ2v) is 5.40. The number of rotatable bonds is 4. The van der Waals surface area contributed by atoms with E-state index in [2.05, 4.69) is 16.8 Å². The van der Waals surface area contributed by atoms with Gasteiger partial charge in [-0.1, -0.05) is 19.3 Å². The molecule has 0 atom stereocenters. The summed E-state index contributed by atoms with van der Waals surface area (Å²) in [5, 5.41) is 0. The SMILES string of the molecule is CCN(c1cncc(C(=O)OC)c1C)C1CCCCC1. The quantitative estimate of drug-likeness (QED) is 0.791. The zero-order chi connectivity index (χ0) is 14.5. The van der Waals surface area contributed by atoms with Crippen molar-refractivity contribution in [1.29, 1.82) is 0 Å². The molecule has 0 amide bonds. The first-order valence-corrected chi connectivity index (χ1v) is 7.48. The Kier molecular flexibility index (Phi) is 4.99. The molecule has 0 aromatic carbocycles. The van der Waals surface area contributed by atoms with E-state index in [0.29, 0.717) is 11.6 Å². The van der Waals surface area contributed by atoms with Gasteiger partial charge in [0.2, 0.25) is 0 Å². The third-order valence-corrected chi connectivity index (χ3v) is 4.26. The van der Waals surface area contributed by atoms with E-state index in [0.717, 1.165) is 17.8 Å². The first kappa shape index (κ1) is 14.8. The Morgan fingerprint density at radius 1 is 1.35 bits per heavy atom. The summed E-state index contributed by atoms with van der Waals surface area (Å²) >= 11 is 0. The summed E-state index contributed by atoms with van der Waals surface area (Å²) in [6, 6.07) is 0.571. The number of hydrogen-bond acceptors (Lipinski definition) is 4. The molecule has 1 aromatic rings. The minimum atomic E-state index is -0.309. The van der Waals surface area contributed by atoms with Crippen molar-refractivity contribution in [3.8, 4) is 0 Å². The molecule has 4 heteroatoms. The van der Waals surface area contributed by atoms with Crippen molar-refractivity contribution >= 4 is 11.7 Å². The molecule has 0 N–H and O–H groups in total. The number of esters is 1. The smallest absolute Gasteiger partial charge is 0.339 e. The van der Waals surface area contributed by atoms with Crippen molar-refractivity contribution in [3.05, 3.63) is 23.5 Å². The molecule has 1 aliphatic carbocycles. The average molecular weight is 276 g/mol. The monoisotopic (exact) mass is 276 g/mol. The molecular weight excluding hydrogens is 252 g/mol. The fraction of sp³-hybridized carbons (Fsp3) is 0.625. The molecule has 1 fully saturated rings. The van der Waals surface area contributed by atoms with Crippen molar-refractivity contribution in [2.45, 2.75) is 52.0 Å². The molecule has 0 spiro atoms. The number of hydrogen-bond donors (Lipinski definition) is 0. The van der Waals surface area contributed by atoms with Crippen LogP contribution in [-0.4, -0.2) is 30.6 Å². The number of carbonyl (C=O) groups excluding carboxylic acids is 1. The normalized spacial score (nSPS) is 15.9. The van der Waals surface area contributed by atoms with E-state index in [1.165, 1.54) is 39.2 Å². The molecule has 2 rings (SSSR count). The van der Waals surface area contributed by atoms with Gasteiger partial charge in [0.25, 0.3) is 0 Å². The number of nitrogens with zero attached hydrogens (tertiary/aromatic N) is 2. The first-order valence-electron chi connectivity index (χ1n) is 7.48. The summed E-state index contributed by atoms with van der Waals surface area (Å²) in [7, 11) is 1.41. The number of pyridine rings is 1. The molecule has 1 aromatic heterocycles. The van der Waals surface area contributed by atoms with Crippen LogP contribution < -0.4 is 4.90 Å². The number of aromatic nitrogens is 1. The van der Waals surface area contributed by atoms with Gasteiger partial charge in [-0.25, -0.2) is 4.79 Å². The van der Waals surface area contributed by atoms with Crippen LogP contribution in [0.25, 0.3) is 0 Å². The molecule has 4 nitrogen and oxygen atoms in total. The maximum Gasteiger partial charge on any atom is 0.339 e. The highest BCUT2D eigenvalue weighted by Crippen LogP contribution is 2.30. The van der Waals surface area contributed by atoms with Gasteiger partial charge < -0.3 is 9.64 Å². The van der Waals surface area contributed by atoms with Gasteiger partial charge in [-0.05, 0) is 32.3 Å². The summed E-state index contributed by atoms with van der Waals surface area (Å²) < 4.78 is 4.83. The topological polar surface area (TPSA) is 42.4 Å². The average Bonchev–Trinajstić information content (AvgIpc) is 2.50. The summed E-state index contributed by atoms with van der Waals surface area (Å²) in [4.78, 5) is 18.4. The molecule has 0 saturated heterocycles. The Bertz CT molecular complexity index is 468. The van der Waals surface area contributed by atoms with Crippen LogP contribution in [0.1, 0.15) is 54.9 Å². The highest BCUT2D eigenvalue weighted by molar-refractivity contribution is 5.92. The van der Waals surface area contributed by atoms with Gasteiger partial charge in [-0.2, -0.15) is 0 Å². The first-order chi connectivity index (χ1) is 9.69. The lowest BCUT2D eigenvalue weighted by atomic mass is 9.93. The lowest BCUT2D eigenvalue weighted by Gasteiger charge is -2.36. The fourth-order valence-electron chi connectivity index (χ4n) is 3.14. The van der Waals surface area contributed by atoms with E-state index in [4.69, 9.17) is 4.74 Å². The van der Waals surface area contributed by atoms with Crippen molar-refractivity contribution in [2.75, 3.05) is 18.6 Å². The van der Waals surface area contributed by atoms with Crippen molar-refractivity contribution in [2.24, 2.45) is 0 Å². The third kappa shape index (κ3) is 2.94. The fourth-order valence-corrected chi connectivity index (χ4v) is 3.14. The standard InChI is InChI=1S/C16H24N2O2/c1-4-18(13-8-6-5-7-9-13)15-11-17-10-14(12(15)2)16(19)20-3/h10-11,13H,4-9H2,1-3H3. The number of anilines is 1. The van der Waals surface area contributed by atoms with Gasteiger partial charge in [0.05, 0.1) is 24.6 Å². The highest BCUT2D eigenvalue weighted by atomic mass is 16.5. The van der Waals surface area contributed by atoms with Crippen LogP contribution in [-0.2, 0) is 4.74 Å². The highest BCUT2D eigenvalue weighted by Gasteiger charge is 2.23. The largest absolute Gasteiger partial charge is 0.465 e. The van der Waals surface area contributed by atoms with Crippen LogP contribution >= 0.6 is 0 Å². The van der Waals surface area contributed by atoms with E-state index >= 15 is 0 Å². The molecule has 1 saturated carbocycles. The molecule has 110 valence electrons. The summed E-state index contributed by atoms with van der Waals surface area (Å²) in [6.07, 6.45) is 9.87. The van der Waals surface area contributed by atoms with Crippen LogP contribution in [0.3, 0.4) is 0 Å². The maximum atomic E-state index is 11.8. The lowest BCUT2D eigenvalue weighted by molar-refractivity contribution is 0.0599. The molecule has 0 bridgehead atoms. The second kappa shape index (κ2) is 6.73. The Morgan fingerprint density at radius 3 is 2.65 bits per heavy atom. The Hall–Kier alpha value is -1.58. The van der Waals surface area contributed by atoms with Gasteiger partial charge in [-0.3, -0.25) is 4.98 Å². The van der Waals surface area contributed by atoms with E-state index in [9.17, 15) is 4.79 Å². The predicted octanol–water partition coefficient (Wildman–Crippen LogP) is 3.34. The van der Waals surface area contributed by atoms with Gasteiger partial charge >= 0.3 is 5.97 Å². The molecule has 20 heavy (non-hydrogen) atoms. The van der Waals surface area contributed by atoms with Crippen LogP contribution in [0.2, 0.25) is 0 Å². The number of methoxy groups -OCH3 is 1. The summed E-state index contributed by atoms with van der Waals surface area (Å²) in [6.45, 7) is 5.09. The number of ether oxygens (including phenoxy) is 1. The number of carbonyl (C=O) groups is 1. The minimum absolute atomic E-state index is 0.309. The van der Waals surface area contributed by atoms with Gasteiger partial charge in [0.1, 0.15) is 0 Å². The Morgan fingerprint density at radius 2 is 2.05 bits per heavy atom. The zero-order valence-corrected chi connectivity index (χ0v) is 12.7. The van der Waals surface area contributed by atoms with Crippen molar-refractivity contribution < 1.29 is 9.53 Å². The predicted molar refractivity (Wildman–Crippen MR) is 80.2 cm³/mol. The van der Waals surface area contributed by atoms with E-state index < -0.39 is 0 Å². The Labute approximate surface area is 121 Å². The Balaban J connectivity index is 2.31. The molecule has 0 aliphatic heterocycles. The van der Waals surface area contributed by atoms with Crippen LogP contribution in [0.5, 0.6) is 0 Å². The summed E-state index contributed by atoms with van der Waals surface area (Å²) in [5.74, 6) is -0.309. The van der Waals surface area contributed by atoms with Gasteiger partial charge in [0, 0.05) is 18.8 Å². The maximum absolute atomic E-state index is 11.8. The van der Waals surface area contributed by atoms with Crippen LogP contribution in [0.15, 0.2) is 12.4 Å². The molecule has 0 radical (unpaired) electrons.